The number of ether oxygens (including phenoxy) is 2. The van der Waals surface area contributed by atoms with Crippen LogP contribution in [0.1, 0.15) is 35.9 Å². The molecule has 1 saturated heterocycles. The molecule has 0 N–H and O–H groups in total. The van der Waals surface area contributed by atoms with Crippen molar-refractivity contribution in [2.24, 2.45) is 0 Å². The number of benzene rings is 1. The molecule has 0 atom stereocenters. The van der Waals surface area contributed by atoms with E-state index in [2.05, 4.69) is 10.1 Å². The molecule has 3 rings (SSSR count). The minimum absolute atomic E-state index is 0.0461. The lowest BCUT2D eigenvalue weighted by Crippen LogP contribution is -2.40. The van der Waals surface area contributed by atoms with Crippen LogP contribution in [0, 0.1) is 0 Å². The van der Waals surface area contributed by atoms with Gasteiger partial charge in [-0.05, 0) is 18.2 Å². The van der Waals surface area contributed by atoms with Gasteiger partial charge in [-0.25, -0.2) is 0 Å². The molecule has 2 amide bonds. The molecule has 2 aromatic rings. The second-order valence-corrected chi connectivity index (χ2v) is 7.01. The first kappa shape index (κ1) is 20.6. The van der Waals surface area contributed by atoms with Crippen molar-refractivity contribution in [3.8, 4) is 11.5 Å². The fourth-order valence-electron chi connectivity index (χ4n) is 3.25. The highest BCUT2D eigenvalue weighted by atomic mass is 16.5. The normalized spacial score (nSPS) is 14.5. The highest BCUT2D eigenvalue weighted by Crippen LogP contribution is 2.28. The monoisotopic (exact) mass is 402 g/mol. The molecule has 9 nitrogen and oxygen atoms in total. The van der Waals surface area contributed by atoms with Gasteiger partial charge in [0.15, 0.2) is 5.82 Å². The molecule has 1 aromatic heterocycles. The Morgan fingerprint density at radius 3 is 2.69 bits per heavy atom. The first-order chi connectivity index (χ1) is 14.0. The standard InChI is InChI=1S/C20H26N4O5/c1-14(25)24-10-6-15(7-11-24)29-18-5-4-16(27-3)12-17(18)20(26)23(2)9-8-19-21-13-28-22-19/h4-5,12-13,15H,6-11H2,1-3H3. The van der Waals surface area contributed by atoms with Gasteiger partial charge in [-0.1, -0.05) is 5.16 Å². The maximum Gasteiger partial charge on any atom is 0.257 e. The lowest BCUT2D eigenvalue weighted by Gasteiger charge is -2.32. The number of hydrogen-bond acceptors (Lipinski definition) is 7. The molecule has 1 aliphatic heterocycles. The highest BCUT2D eigenvalue weighted by Gasteiger charge is 2.25. The summed E-state index contributed by atoms with van der Waals surface area (Å²) in [5, 5.41) is 3.76. The minimum atomic E-state index is -0.177. The van der Waals surface area contributed by atoms with Crippen LogP contribution in [-0.4, -0.2) is 71.7 Å². The van der Waals surface area contributed by atoms with Crippen molar-refractivity contribution in [3.63, 3.8) is 0 Å². The first-order valence-electron chi connectivity index (χ1n) is 9.59. The van der Waals surface area contributed by atoms with Crippen LogP contribution < -0.4 is 9.47 Å². The van der Waals surface area contributed by atoms with Gasteiger partial charge in [-0.15, -0.1) is 0 Å². The molecule has 0 bridgehead atoms. The Bertz CT molecular complexity index is 831. The number of carbonyl (C=O) groups excluding carboxylic acids is 2. The van der Waals surface area contributed by atoms with Crippen LogP contribution in [0.4, 0.5) is 0 Å². The maximum atomic E-state index is 13.0. The first-order valence-corrected chi connectivity index (χ1v) is 9.59. The van der Waals surface area contributed by atoms with Gasteiger partial charge >= 0.3 is 0 Å². The topological polar surface area (TPSA) is 98.0 Å². The van der Waals surface area contributed by atoms with E-state index in [1.165, 1.54) is 6.39 Å². The molecule has 0 spiro atoms. The van der Waals surface area contributed by atoms with Gasteiger partial charge in [-0.2, -0.15) is 4.98 Å². The molecule has 0 radical (unpaired) electrons. The van der Waals surface area contributed by atoms with Crippen LogP contribution in [0.15, 0.2) is 29.1 Å². The zero-order chi connectivity index (χ0) is 20.8. The zero-order valence-electron chi connectivity index (χ0n) is 17.0. The zero-order valence-corrected chi connectivity index (χ0v) is 17.0. The van der Waals surface area contributed by atoms with Gasteiger partial charge in [0.25, 0.3) is 5.91 Å². The third-order valence-corrected chi connectivity index (χ3v) is 5.02. The van der Waals surface area contributed by atoms with Crippen LogP contribution in [0.25, 0.3) is 0 Å². The van der Waals surface area contributed by atoms with E-state index >= 15 is 0 Å². The number of methoxy groups -OCH3 is 1. The summed E-state index contributed by atoms with van der Waals surface area (Å²) in [7, 11) is 3.28. The number of hydrogen-bond donors (Lipinski definition) is 0. The third-order valence-electron chi connectivity index (χ3n) is 5.02. The Balaban J connectivity index is 1.69. The summed E-state index contributed by atoms with van der Waals surface area (Å²) in [5.74, 6) is 1.54. The van der Waals surface area contributed by atoms with Crippen molar-refractivity contribution >= 4 is 11.8 Å². The average Bonchev–Trinajstić information content (AvgIpc) is 3.26. The number of likely N-dealkylation sites (N-methyl/N-ethyl adjacent to an activating group) is 1. The molecular weight excluding hydrogens is 376 g/mol. The fraction of sp³-hybridized carbons (Fsp3) is 0.500. The van der Waals surface area contributed by atoms with Crippen molar-refractivity contribution < 1.29 is 23.6 Å². The van der Waals surface area contributed by atoms with Crippen LogP contribution in [0.3, 0.4) is 0 Å². The lowest BCUT2D eigenvalue weighted by atomic mass is 10.1. The summed E-state index contributed by atoms with van der Waals surface area (Å²) in [6.07, 6.45) is 3.17. The molecule has 0 unspecified atom stereocenters. The van der Waals surface area contributed by atoms with Gasteiger partial charge in [0.05, 0.1) is 12.7 Å². The third kappa shape index (κ3) is 5.24. The van der Waals surface area contributed by atoms with E-state index in [-0.39, 0.29) is 17.9 Å². The summed E-state index contributed by atoms with van der Waals surface area (Å²) in [4.78, 5) is 31.9. The van der Waals surface area contributed by atoms with Crippen molar-refractivity contribution in [1.29, 1.82) is 0 Å². The Hall–Kier alpha value is -3.10. The molecule has 1 aliphatic rings. The molecule has 0 aliphatic carbocycles. The molecular formula is C20H26N4O5. The Morgan fingerprint density at radius 2 is 2.07 bits per heavy atom. The predicted molar refractivity (Wildman–Crippen MR) is 104 cm³/mol. The van der Waals surface area contributed by atoms with Gasteiger partial charge in [0.2, 0.25) is 12.3 Å². The van der Waals surface area contributed by atoms with Gasteiger partial charge in [0, 0.05) is 52.9 Å². The second-order valence-electron chi connectivity index (χ2n) is 7.01. The number of nitrogens with zero attached hydrogens (tertiary/aromatic N) is 4. The number of piperidine rings is 1. The second kappa shape index (κ2) is 9.40. The summed E-state index contributed by atoms with van der Waals surface area (Å²) in [5.41, 5.74) is 0.439. The fourth-order valence-corrected chi connectivity index (χ4v) is 3.25. The predicted octanol–water partition coefficient (Wildman–Crippen LogP) is 1.78. The Labute approximate surface area is 169 Å². The number of rotatable bonds is 7. The van der Waals surface area contributed by atoms with Crippen molar-refractivity contribution in [2.45, 2.75) is 32.3 Å². The number of aromatic nitrogens is 2. The number of likely N-dealkylation sites (tertiary alicyclic amines) is 1. The lowest BCUT2D eigenvalue weighted by molar-refractivity contribution is -0.130. The number of carbonyl (C=O) groups is 2. The number of amides is 2. The SMILES string of the molecule is COc1ccc(OC2CCN(C(C)=O)CC2)c(C(=O)N(C)CCc2ncon2)c1. The van der Waals surface area contributed by atoms with E-state index in [4.69, 9.17) is 14.0 Å². The quantitative estimate of drug-likeness (QED) is 0.696. The van der Waals surface area contributed by atoms with Crippen LogP contribution >= 0.6 is 0 Å². The molecule has 9 heteroatoms. The molecule has 2 heterocycles. The van der Waals surface area contributed by atoms with Crippen LogP contribution in [-0.2, 0) is 11.2 Å². The van der Waals surface area contributed by atoms with Crippen LogP contribution in [0.5, 0.6) is 11.5 Å². The van der Waals surface area contributed by atoms with Crippen molar-refractivity contribution in [3.05, 3.63) is 36.0 Å². The highest BCUT2D eigenvalue weighted by molar-refractivity contribution is 5.97. The summed E-state index contributed by atoms with van der Waals surface area (Å²) in [6, 6.07) is 5.22. The Morgan fingerprint density at radius 1 is 1.31 bits per heavy atom. The summed E-state index contributed by atoms with van der Waals surface area (Å²) < 4.78 is 16.2. The van der Waals surface area contributed by atoms with Crippen molar-refractivity contribution in [2.75, 3.05) is 33.8 Å². The van der Waals surface area contributed by atoms with Crippen LogP contribution in [0.2, 0.25) is 0 Å². The van der Waals surface area contributed by atoms with E-state index in [0.29, 0.717) is 48.9 Å². The largest absolute Gasteiger partial charge is 0.497 e. The summed E-state index contributed by atoms with van der Waals surface area (Å²) >= 11 is 0. The molecule has 0 saturated carbocycles. The summed E-state index contributed by atoms with van der Waals surface area (Å²) in [6.45, 7) is 3.33. The van der Waals surface area contributed by atoms with Gasteiger partial charge in [-0.3, -0.25) is 9.59 Å². The van der Waals surface area contributed by atoms with E-state index in [9.17, 15) is 9.59 Å². The van der Waals surface area contributed by atoms with Crippen molar-refractivity contribution in [1.82, 2.24) is 19.9 Å². The Kier molecular flexibility index (Phi) is 6.69. The van der Waals surface area contributed by atoms with E-state index in [1.807, 2.05) is 4.90 Å². The smallest absolute Gasteiger partial charge is 0.257 e. The molecule has 29 heavy (non-hydrogen) atoms. The maximum absolute atomic E-state index is 13.0. The molecule has 1 fully saturated rings. The molecule has 156 valence electrons. The van der Waals surface area contributed by atoms with E-state index in [1.54, 1.807) is 44.2 Å². The van der Waals surface area contributed by atoms with E-state index in [0.717, 1.165) is 12.8 Å². The average molecular weight is 402 g/mol. The van der Waals surface area contributed by atoms with Gasteiger partial charge < -0.3 is 23.8 Å². The molecule has 1 aromatic carbocycles. The minimum Gasteiger partial charge on any atom is -0.497 e. The van der Waals surface area contributed by atoms with Gasteiger partial charge in [0.1, 0.15) is 17.6 Å². The van der Waals surface area contributed by atoms with E-state index < -0.39 is 0 Å².